The molecule has 0 aliphatic heterocycles. The van der Waals surface area contributed by atoms with E-state index in [9.17, 15) is 0 Å². The van der Waals surface area contributed by atoms with Gasteiger partial charge < -0.3 is 15.4 Å². The Balaban J connectivity index is 2.66. The average molecular weight is 236 g/mol. The van der Waals surface area contributed by atoms with Crippen molar-refractivity contribution in [2.45, 2.75) is 32.8 Å². The average Bonchev–Trinajstić information content (AvgIpc) is 2.30. The molecule has 0 unspecified atom stereocenters. The minimum absolute atomic E-state index is 0.0756. The van der Waals surface area contributed by atoms with Gasteiger partial charge in [0.25, 0.3) is 0 Å². The van der Waals surface area contributed by atoms with Gasteiger partial charge in [0.1, 0.15) is 0 Å². The maximum atomic E-state index is 5.81. The SMILES string of the molecule is CCN(CCC(C)(C)OC)c1cccc(N)c1. The van der Waals surface area contributed by atoms with Crippen LogP contribution >= 0.6 is 0 Å². The molecular formula is C14H24N2O. The first-order valence-electron chi connectivity index (χ1n) is 6.14. The number of benzene rings is 1. The van der Waals surface area contributed by atoms with E-state index >= 15 is 0 Å². The van der Waals surface area contributed by atoms with Gasteiger partial charge in [-0.2, -0.15) is 0 Å². The van der Waals surface area contributed by atoms with Crippen LogP contribution in [0, 0.1) is 0 Å². The van der Waals surface area contributed by atoms with Crippen LogP contribution in [0.25, 0.3) is 0 Å². The molecule has 1 aromatic carbocycles. The summed E-state index contributed by atoms with van der Waals surface area (Å²) in [7, 11) is 1.76. The molecule has 0 fully saturated rings. The fraction of sp³-hybridized carbons (Fsp3) is 0.571. The van der Waals surface area contributed by atoms with Crippen molar-refractivity contribution in [3.05, 3.63) is 24.3 Å². The number of hydrogen-bond acceptors (Lipinski definition) is 3. The molecule has 0 aliphatic rings. The lowest BCUT2D eigenvalue weighted by Crippen LogP contribution is -2.32. The predicted molar refractivity (Wildman–Crippen MR) is 74.4 cm³/mol. The van der Waals surface area contributed by atoms with E-state index in [4.69, 9.17) is 10.5 Å². The number of nitrogen functional groups attached to an aromatic ring is 1. The molecule has 0 saturated heterocycles. The molecule has 3 nitrogen and oxygen atoms in total. The van der Waals surface area contributed by atoms with Crippen LogP contribution in [-0.2, 0) is 4.74 Å². The van der Waals surface area contributed by atoms with Gasteiger partial charge >= 0.3 is 0 Å². The topological polar surface area (TPSA) is 38.5 Å². The van der Waals surface area contributed by atoms with Crippen molar-refractivity contribution >= 4 is 11.4 Å². The van der Waals surface area contributed by atoms with Gasteiger partial charge in [0.2, 0.25) is 0 Å². The lowest BCUT2D eigenvalue weighted by atomic mass is 10.0. The Morgan fingerprint density at radius 2 is 2.06 bits per heavy atom. The van der Waals surface area contributed by atoms with Crippen molar-refractivity contribution in [1.82, 2.24) is 0 Å². The highest BCUT2D eigenvalue weighted by Gasteiger charge is 2.17. The Bertz CT molecular complexity index is 350. The monoisotopic (exact) mass is 236 g/mol. The van der Waals surface area contributed by atoms with E-state index in [1.807, 2.05) is 18.2 Å². The molecule has 17 heavy (non-hydrogen) atoms. The minimum Gasteiger partial charge on any atom is -0.399 e. The number of anilines is 2. The van der Waals surface area contributed by atoms with Crippen LogP contribution < -0.4 is 10.6 Å². The highest BCUT2D eigenvalue weighted by Crippen LogP contribution is 2.20. The number of methoxy groups -OCH3 is 1. The molecule has 96 valence electrons. The Morgan fingerprint density at radius 3 is 2.59 bits per heavy atom. The second kappa shape index (κ2) is 5.92. The molecule has 0 amide bonds. The smallest absolute Gasteiger partial charge is 0.0639 e. The first-order valence-corrected chi connectivity index (χ1v) is 6.14. The minimum atomic E-state index is -0.0756. The van der Waals surface area contributed by atoms with E-state index in [1.54, 1.807) is 7.11 Å². The van der Waals surface area contributed by atoms with E-state index in [0.717, 1.165) is 25.2 Å². The van der Waals surface area contributed by atoms with Gasteiger partial charge in [-0.05, 0) is 45.4 Å². The number of hydrogen-bond donors (Lipinski definition) is 1. The zero-order chi connectivity index (χ0) is 12.9. The Hall–Kier alpha value is -1.22. The summed E-state index contributed by atoms with van der Waals surface area (Å²) in [6.45, 7) is 8.33. The van der Waals surface area contributed by atoms with Crippen LogP contribution in [0.5, 0.6) is 0 Å². The molecule has 3 heteroatoms. The van der Waals surface area contributed by atoms with Crippen molar-refractivity contribution in [2.75, 3.05) is 30.8 Å². The standard InChI is InChI=1S/C14H24N2O/c1-5-16(10-9-14(2,3)17-4)13-8-6-7-12(15)11-13/h6-8,11H,5,9-10,15H2,1-4H3. The first kappa shape index (κ1) is 13.8. The van der Waals surface area contributed by atoms with Gasteiger partial charge in [0, 0.05) is 31.6 Å². The molecule has 0 spiro atoms. The van der Waals surface area contributed by atoms with Crippen molar-refractivity contribution in [3.63, 3.8) is 0 Å². The molecule has 0 saturated carbocycles. The summed E-state index contributed by atoms with van der Waals surface area (Å²) in [5.74, 6) is 0. The molecular weight excluding hydrogens is 212 g/mol. The summed E-state index contributed by atoms with van der Waals surface area (Å²) in [5.41, 5.74) is 7.72. The van der Waals surface area contributed by atoms with Gasteiger partial charge in [-0.15, -0.1) is 0 Å². The second-order valence-corrected chi connectivity index (χ2v) is 4.89. The summed E-state index contributed by atoms with van der Waals surface area (Å²) in [4.78, 5) is 2.32. The molecule has 0 aromatic heterocycles. The molecule has 1 rings (SSSR count). The van der Waals surface area contributed by atoms with Crippen molar-refractivity contribution in [1.29, 1.82) is 0 Å². The van der Waals surface area contributed by atoms with E-state index in [2.05, 4.69) is 31.7 Å². The predicted octanol–water partition coefficient (Wildman–Crippen LogP) is 2.91. The zero-order valence-electron chi connectivity index (χ0n) is 11.4. The van der Waals surface area contributed by atoms with Gasteiger partial charge in [0.05, 0.1) is 5.60 Å². The Labute approximate surface area is 105 Å². The summed E-state index contributed by atoms with van der Waals surface area (Å²) in [5, 5.41) is 0. The molecule has 1 aromatic rings. The summed E-state index contributed by atoms with van der Waals surface area (Å²) < 4.78 is 5.44. The maximum Gasteiger partial charge on any atom is 0.0639 e. The third-order valence-electron chi connectivity index (χ3n) is 3.15. The van der Waals surface area contributed by atoms with E-state index in [1.165, 1.54) is 5.69 Å². The third kappa shape index (κ3) is 4.27. The molecule has 0 heterocycles. The number of nitrogens with zero attached hydrogens (tertiary/aromatic N) is 1. The van der Waals surface area contributed by atoms with Crippen LogP contribution in [0.4, 0.5) is 11.4 Å². The van der Waals surface area contributed by atoms with Crippen LogP contribution in [0.1, 0.15) is 27.2 Å². The first-order chi connectivity index (χ1) is 7.98. The third-order valence-corrected chi connectivity index (χ3v) is 3.15. The lowest BCUT2D eigenvalue weighted by Gasteiger charge is -2.29. The summed E-state index contributed by atoms with van der Waals surface area (Å²) >= 11 is 0. The van der Waals surface area contributed by atoms with Crippen molar-refractivity contribution < 1.29 is 4.74 Å². The molecule has 0 bridgehead atoms. The summed E-state index contributed by atoms with van der Waals surface area (Å²) in [6.07, 6.45) is 0.992. The Kier molecular flexibility index (Phi) is 4.82. The number of nitrogens with two attached hydrogens (primary N) is 1. The van der Waals surface area contributed by atoms with E-state index in [0.29, 0.717) is 0 Å². The fourth-order valence-electron chi connectivity index (χ4n) is 1.70. The largest absolute Gasteiger partial charge is 0.399 e. The maximum absolute atomic E-state index is 5.81. The van der Waals surface area contributed by atoms with Crippen molar-refractivity contribution in [2.24, 2.45) is 0 Å². The zero-order valence-corrected chi connectivity index (χ0v) is 11.4. The lowest BCUT2D eigenvalue weighted by molar-refractivity contribution is 0.0172. The molecule has 2 N–H and O–H groups in total. The molecule has 0 aliphatic carbocycles. The van der Waals surface area contributed by atoms with E-state index < -0.39 is 0 Å². The van der Waals surface area contributed by atoms with Crippen molar-refractivity contribution in [3.8, 4) is 0 Å². The van der Waals surface area contributed by atoms with Crippen LogP contribution in [-0.4, -0.2) is 25.8 Å². The second-order valence-electron chi connectivity index (χ2n) is 4.89. The fourth-order valence-corrected chi connectivity index (χ4v) is 1.70. The highest BCUT2D eigenvalue weighted by molar-refractivity contribution is 5.55. The number of ether oxygens (including phenoxy) is 1. The van der Waals surface area contributed by atoms with Gasteiger partial charge in [0.15, 0.2) is 0 Å². The normalized spacial score (nSPS) is 11.5. The van der Waals surface area contributed by atoms with Crippen LogP contribution in [0.3, 0.4) is 0 Å². The quantitative estimate of drug-likeness (QED) is 0.772. The van der Waals surface area contributed by atoms with Crippen LogP contribution in [0.2, 0.25) is 0 Å². The van der Waals surface area contributed by atoms with Gasteiger partial charge in [-0.25, -0.2) is 0 Å². The van der Waals surface area contributed by atoms with E-state index in [-0.39, 0.29) is 5.60 Å². The number of rotatable bonds is 6. The van der Waals surface area contributed by atoms with Gasteiger partial charge in [-0.1, -0.05) is 6.07 Å². The van der Waals surface area contributed by atoms with Crippen LogP contribution in [0.15, 0.2) is 24.3 Å². The van der Waals surface area contributed by atoms with Gasteiger partial charge in [-0.3, -0.25) is 0 Å². The highest BCUT2D eigenvalue weighted by atomic mass is 16.5. The molecule has 0 radical (unpaired) electrons. The summed E-state index contributed by atoms with van der Waals surface area (Å²) in [6, 6.07) is 8.02. The Morgan fingerprint density at radius 1 is 1.35 bits per heavy atom. The molecule has 0 atom stereocenters.